The van der Waals surface area contributed by atoms with Crippen LogP contribution < -0.4 is 4.72 Å². The van der Waals surface area contributed by atoms with Gasteiger partial charge in [-0.1, -0.05) is 11.6 Å². The molecule has 1 N–H and O–H groups in total. The van der Waals surface area contributed by atoms with Crippen LogP contribution in [0.2, 0.25) is 5.02 Å². The lowest BCUT2D eigenvalue weighted by atomic mass is 10.1. The summed E-state index contributed by atoms with van der Waals surface area (Å²) in [6.45, 7) is -0.263. The SMILES string of the molecule is O=C(CNS(=O)(=O)c1cc(C(F)(F)F)ccc1Cl)OCC(=O)N1CCCCC1. The molecule has 12 heteroatoms. The highest BCUT2D eigenvalue weighted by Crippen LogP contribution is 2.33. The van der Waals surface area contributed by atoms with Crippen LogP contribution in [-0.2, 0) is 30.5 Å². The lowest BCUT2D eigenvalue weighted by Gasteiger charge is -2.26. The van der Waals surface area contributed by atoms with Crippen molar-refractivity contribution in [1.29, 1.82) is 0 Å². The molecule has 156 valence electrons. The summed E-state index contributed by atoms with van der Waals surface area (Å²) >= 11 is 5.68. The van der Waals surface area contributed by atoms with Crippen molar-refractivity contribution in [3.8, 4) is 0 Å². The van der Waals surface area contributed by atoms with Crippen LogP contribution in [0.5, 0.6) is 0 Å². The quantitative estimate of drug-likeness (QED) is 0.682. The standard InChI is InChI=1S/C16H18ClF3N2O5S/c17-12-5-4-11(16(18,19)20)8-13(12)28(25,26)21-9-15(24)27-10-14(23)22-6-2-1-3-7-22/h4-5,8,21H,1-3,6-7,9-10H2. The summed E-state index contributed by atoms with van der Waals surface area (Å²) in [5, 5.41) is -0.436. The van der Waals surface area contributed by atoms with Crippen LogP contribution in [0.4, 0.5) is 13.2 Å². The average Bonchev–Trinajstić information content (AvgIpc) is 2.64. The van der Waals surface area contributed by atoms with Crippen molar-refractivity contribution in [2.45, 2.75) is 30.3 Å². The van der Waals surface area contributed by atoms with Crippen LogP contribution in [0.15, 0.2) is 23.1 Å². The van der Waals surface area contributed by atoms with Gasteiger partial charge in [0.2, 0.25) is 10.0 Å². The first kappa shape index (κ1) is 22.4. The highest BCUT2D eigenvalue weighted by molar-refractivity contribution is 7.89. The number of nitrogens with one attached hydrogen (secondary N) is 1. The van der Waals surface area contributed by atoms with E-state index in [2.05, 4.69) is 0 Å². The molecule has 7 nitrogen and oxygen atoms in total. The number of amides is 1. The largest absolute Gasteiger partial charge is 0.455 e. The minimum Gasteiger partial charge on any atom is -0.455 e. The summed E-state index contributed by atoms with van der Waals surface area (Å²) in [6, 6.07) is 1.81. The first-order chi connectivity index (χ1) is 13.0. The molecule has 0 radical (unpaired) electrons. The van der Waals surface area contributed by atoms with Crippen molar-refractivity contribution in [3.63, 3.8) is 0 Å². The van der Waals surface area contributed by atoms with E-state index in [0.29, 0.717) is 25.2 Å². The van der Waals surface area contributed by atoms with Crippen molar-refractivity contribution in [1.82, 2.24) is 9.62 Å². The first-order valence-corrected chi connectivity index (χ1v) is 10.2. The van der Waals surface area contributed by atoms with E-state index in [1.165, 1.54) is 0 Å². The van der Waals surface area contributed by atoms with Gasteiger partial charge in [-0.15, -0.1) is 0 Å². The Morgan fingerprint density at radius 1 is 1.18 bits per heavy atom. The topological polar surface area (TPSA) is 92.8 Å². The molecule has 0 unspecified atom stereocenters. The van der Waals surface area contributed by atoms with Crippen LogP contribution >= 0.6 is 11.6 Å². The fourth-order valence-corrected chi connectivity index (χ4v) is 4.04. The highest BCUT2D eigenvalue weighted by Gasteiger charge is 2.33. The van der Waals surface area contributed by atoms with Crippen molar-refractivity contribution < 1.29 is 35.9 Å². The predicted molar refractivity (Wildman–Crippen MR) is 93.0 cm³/mol. The third kappa shape index (κ3) is 6.08. The number of hydrogen-bond acceptors (Lipinski definition) is 5. The van der Waals surface area contributed by atoms with E-state index >= 15 is 0 Å². The summed E-state index contributed by atoms with van der Waals surface area (Å²) in [6.07, 6.45) is -2.03. The average molecular weight is 443 g/mol. The van der Waals surface area contributed by atoms with Gasteiger partial charge in [-0.25, -0.2) is 8.42 Å². The van der Waals surface area contributed by atoms with E-state index in [9.17, 15) is 31.2 Å². The Hall–Kier alpha value is -1.85. The van der Waals surface area contributed by atoms with Gasteiger partial charge >= 0.3 is 12.1 Å². The van der Waals surface area contributed by atoms with Crippen LogP contribution in [0.25, 0.3) is 0 Å². The molecular weight excluding hydrogens is 425 g/mol. The molecule has 1 fully saturated rings. The molecule has 0 aromatic heterocycles. The van der Waals surface area contributed by atoms with Crippen LogP contribution in [0.1, 0.15) is 24.8 Å². The maximum atomic E-state index is 12.8. The fraction of sp³-hybridized carbons (Fsp3) is 0.500. The molecule has 0 atom stereocenters. The Morgan fingerprint density at radius 3 is 2.43 bits per heavy atom. The number of nitrogens with zero attached hydrogens (tertiary/aromatic N) is 1. The molecule has 1 amide bonds. The second kappa shape index (κ2) is 9.10. The smallest absolute Gasteiger partial charge is 0.416 e. The maximum absolute atomic E-state index is 12.8. The lowest BCUT2D eigenvalue weighted by molar-refractivity contribution is -0.151. The van der Waals surface area contributed by atoms with E-state index in [-0.39, 0.29) is 0 Å². The Labute approximate surface area is 164 Å². The number of sulfonamides is 1. The van der Waals surface area contributed by atoms with Crippen LogP contribution in [0.3, 0.4) is 0 Å². The van der Waals surface area contributed by atoms with E-state index in [1.54, 1.807) is 4.90 Å². The number of benzene rings is 1. The second-order valence-corrected chi connectivity index (χ2v) is 8.21. The molecule has 2 rings (SSSR count). The Balaban J connectivity index is 1.94. The molecule has 1 aliphatic rings. The van der Waals surface area contributed by atoms with Gasteiger partial charge in [0.15, 0.2) is 6.61 Å². The zero-order chi connectivity index (χ0) is 20.9. The van der Waals surface area contributed by atoms with E-state index in [1.807, 2.05) is 4.72 Å². The fourth-order valence-electron chi connectivity index (χ4n) is 2.55. The molecule has 1 heterocycles. The monoisotopic (exact) mass is 442 g/mol. The van der Waals surface area contributed by atoms with E-state index in [4.69, 9.17) is 16.3 Å². The highest BCUT2D eigenvalue weighted by atomic mass is 35.5. The number of rotatable bonds is 6. The zero-order valence-corrected chi connectivity index (χ0v) is 16.2. The first-order valence-electron chi connectivity index (χ1n) is 8.30. The van der Waals surface area contributed by atoms with Gasteiger partial charge in [-0.2, -0.15) is 17.9 Å². The summed E-state index contributed by atoms with van der Waals surface area (Å²) in [4.78, 5) is 24.3. The Kier molecular flexibility index (Phi) is 7.29. The normalized spacial score (nSPS) is 15.4. The molecular formula is C16H18ClF3N2O5S. The number of ether oxygens (including phenoxy) is 1. The van der Waals surface area contributed by atoms with Gasteiger partial charge in [0, 0.05) is 13.1 Å². The minimum absolute atomic E-state index is 0.371. The van der Waals surface area contributed by atoms with E-state index in [0.717, 1.165) is 25.3 Å². The second-order valence-electron chi connectivity index (χ2n) is 6.07. The third-order valence-corrected chi connectivity index (χ3v) is 5.90. The number of hydrogen-bond donors (Lipinski definition) is 1. The van der Waals surface area contributed by atoms with Crippen molar-refractivity contribution in [3.05, 3.63) is 28.8 Å². The van der Waals surface area contributed by atoms with Crippen LogP contribution in [0, 0.1) is 0 Å². The molecule has 1 aliphatic heterocycles. The summed E-state index contributed by atoms with van der Waals surface area (Å²) in [5.41, 5.74) is -1.20. The molecule has 1 aromatic rings. The number of halogens is 4. The molecule has 0 bridgehead atoms. The number of likely N-dealkylation sites (tertiary alicyclic amines) is 1. The molecule has 0 spiro atoms. The summed E-state index contributed by atoms with van der Waals surface area (Å²) in [7, 11) is -4.51. The minimum atomic E-state index is -4.76. The summed E-state index contributed by atoms with van der Waals surface area (Å²) < 4.78 is 69.2. The maximum Gasteiger partial charge on any atom is 0.416 e. The van der Waals surface area contributed by atoms with E-state index < -0.39 is 56.7 Å². The number of piperidine rings is 1. The number of esters is 1. The Morgan fingerprint density at radius 2 is 1.82 bits per heavy atom. The van der Waals surface area contributed by atoms with Gasteiger partial charge in [0.05, 0.1) is 10.6 Å². The number of carbonyl (C=O) groups is 2. The van der Waals surface area contributed by atoms with Crippen molar-refractivity contribution >= 4 is 33.5 Å². The lowest BCUT2D eigenvalue weighted by Crippen LogP contribution is -2.39. The predicted octanol–water partition coefficient (Wildman–Crippen LogP) is 2.19. The molecule has 1 saturated heterocycles. The molecule has 1 aromatic carbocycles. The third-order valence-electron chi connectivity index (χ3n) is 4.02. The van der Waals surface area contributed by atoms with Gasteiger partial charge in [0.25, 0.3) is 5.91 Å². The number of carbonyl (C=O) groups excluding carboxylic acids is 2. The molecule has 28 heavy (non-hydrogen) atoms. The molecule has 0 saturated carbocycles. The molecule has 0 aliphatic carbocycles. The van der Waals surface area contributed by atoms with Gasteiger partial charge < -0.3 is 9.64 Å². The van der Waals surface area contributed by atoms with Crippen LogP contribution in [-0.4, -0.2) is 51.4 Å². The van der Waals surface area contributed by atoms with Gasteiger partial charge in [0.1, 0.15) is 11.4 Å². The Bertz CT molecular complexity index is 839. The number of alkyl halides is 3. The summed E-state index contributed by atoms with van der Waals surface area (Å²) in [5.74, 6) is -1.44. The zero-order valence-electron chi connectivity index (χ0n) is 14.6. The van der Waals surface area contributed by atoms with Crippen molar-refractivity contribution in [2.75, 3.05) is 26.2 Å². The van der Waals surface area contributed by atoms with Crippen molar-refractivity contribution in [2.24, 2.45) is 0 Å². The van der Waals surface area contributed by atoms with Gasteiger partial charge in [-0.05, 0) is 37.5 Å². The van der Waals surface area contributed by atoms with Gasteiger partial charge in [-0.3, -0.25) is 9.59 Å².